The van der Waals surface area contributed by atoms with Gasteiger partial charge >= 0.3 is 0 Å². The van der Waals surface area contributed by atoms with Gasteiger partial charge < -0.3 is 10.1 Å². The maximum Gasteiger partial charge on any atom is 0.0763 e. The van der Waals surface area contributed by atoms with Crippen LogP contribution in [0.15, 0.2) is 54.6 Å². The van der Waals surface area contributed by atoms with Crippen LogP contribution in [0.1, 0.15) is 31.9 Å². The van der Waals surface area contributed by atoms with E-state index in [2.05, 4.69) is 67.7 Å². The summed E-state index contributed by atoms with van der Waals surface area (Å²) in [6.07, 6.45) is 1.20. The molecule has 0 spiro atoms. The fourth-order valence-electron chi connectivity index (χ4n) is 2.74. The smallest absolute Gasteiger partial charge is 0.0763 e. The van der Waals surface area contributed by atoms with E-state index in [1.807, 2.05) is 6.07 Å². The lowest BCUT2D eigenvalue weighted by atomic mass is 9.96. The van der Waals surface area contributed by atoms with Crippen molar-refractivity contribution in [3.8, 4) is 11.1 Å². The number of likely N-dealkylation sites (N-methyl/N-ethyl adjacent to an activating group) is 1. The predicted molar refractivity (Wildman–Crippen MR) is 89.4 cm³/mol. The summed E-state index contributed by atoms with van der Waals surface area (Å²) < 4.78 is 5.62. The van der Waals surface area contributed by atoms with Gasteiger partial charge in [-0.3, -0.25) is 0 Å². The molecule has 1 N–H and O–H groups in total. The zero-order valence-corrected chi connectivity index (χ0v) is 13.2. The van der Waals surface area contributed by atoms with Crippen molar-refractivity contribution in [3.05, 3.63) is 60.2 Å². The summed E-state index contributed by atoms with van der Waals surface area (Å²) in [5, 5.41) is 3.54. The van der Waals surface area contributed by atoms with Crippen molar-refractivity contribution in [2.45, 2.75) is 32.4 Å². The second-order valence-electron chi connectivity index (χ2n) is 5.21. The van der Waals surface area contributed by atoms with Crippen LogP contribution in [0.2, 0.25) is 0 Å². The highest BCUT2D eigenvalue weighted by Crippen LogP contribution is 2.25. The Bertz CT molecular complexity index is 517. The van der Waals surface area contributed by atoms with Gasteiger partial charge in [0.05, 0.1) is 12.1 Å². The fraction of sp³-hybridized carbons (Fsp3) is 0.368. The third-order valence-corrected chi connectivity index (χ3v) is 3.88. The van der Waals surface area contributed by atoms with Crippen molar-refractivity contribution >= 4 is 0 Å². The molecule has 0 aromatic heterocycles. The molecule has 0 heterocycles. The highest BCUT2D eigenvalue weighted by Gasteiger charge is 2.20. The molecule has 2 aromatic carbocycles. The number of rotatable bonds is 7. The Labute approximate surface area is 128 Å². The number of methoxy groups -OCH3 is 1. The first-order chi connectivity index (χ1) is 10.3. The first-order valence-corrected chi connectivity index (χ1v) is 7.71. The van der Waals surface area contributed by atoms with Gasteiger partial charge in [-0.2, -0.15) is 0 Å². The summed E-state index contributed by atoms with van der Waals surface area (Å²) >= 11 is 0. The van der Waals surface area contributed by atoms with Crippen LogP contribution in [0.3, 0.4) is 0 Å². The Balaban J connectivity index is 2.23. The number of benzene rings is 2. The molecule has 2 unspecified atom stereocenters. The second kappa shape index (κ2) is 7.96. The Morgan fingerprint density at radius 1 is 0.905 bits per heavy atom. The van der Waals surface area contributed by atoms with E-state index in [9.17, 15) is 0 Å². The predicted octanol–water partition coefficient (Wildman–Crippen LogP) is 4.43. The summed E-state index contributed by atoms with van der Waals surface area (Å²) in [4.78, 5) is 0. The van der Waals surface area contributed by atoms with Gasteiger partial charge in [-0.05, 0) is 29.7 Å². The Hall–Kier alpha value is -1.64. The normalized spacial score (nSPS) is 13.9. The molecule has 21 heavy (non-hydrogen) atoms. The molecular weight excluding hydrogens is 258 g/mol. The zero-order valence-electron chi connectivity index (χ0n) is 13.2. The summed E-state index contributed by atoms with van der Waals surface area (Å²) in [6.45, 7) is 5.23. The van der Waals surface area contributed by atoms with E-state index < -0.39 is 0 Å². The molecule has 2 nitrogen and oxygen atoms in total. The van der Waals surface area contributed by atoms with E-state index in [0.717, 1.165) is 13.0 Å². The molecule has 0 fully saturated rings. The van der Waals surface area contributed by atoms with E-state index in [4.69, 9.17) is 4.74 Å². The Morgan fingerprint density at radius 3 is 2.05 bits per heavy atom. The minimum Gasteiger partial charge on any atom is -0.379 e. The van der Waals surface area contributed by atoms with Gasteiger partial charge in [-0.15, -0.1) is 0 Å². The van der Waals surface area contributed by atoms with Gasteiger partial charge in [0.1, 0.15) is 0 Å². The van der Waals surface area contributed by atoms with Crippen LogP contribution in [0.25, 0.3) is 11.1 Å². The van der Waals surface area contributed by atoms with Gasteiger partial charge in [0.25, 0.3) is 0 Å². The van der Waals surface area contributed by atoms with Crippen LogP contribution >= 0.6 is 0 Å². The van der Waals surface area contributed by atoms with Crippen molar-refractivity contribution in [3.63, 3.8) is 0 Å². The molecule has 0 saturated carbocycles. The van der Waals surface area contributed by atoms with E-state index >= 15 is 0 Å². The van der Waals surface area contributed by atoms with Crippen LogP contribution in [-0.2, 0) is 4.74 Å². The molecule has 2 rings (SSSR count). The van der Waals surface area contributed by atoms with Crippen LogP contribution < -0.4 is 5.32 Å². The highest BCUT2D eigenvalue weighted by atomic mass is 16.5. The van der Waals surface area contributed by atoms with Gasteiger partial charge in [0.2, 0.25) is 0 Å². The SMILES string of the molecule is CCNC(c1ccc(-c2ccccc2)cc1)C(CC)OC. The summed E-state index contributed by atoms with van der Waals surface area (Å²) in [6, 6.07) is 19.5. The Kier molecular flexibility index (Phi) is 5.97. The molecular formula is C19H25NO. The molecule has 0 aliphatic heterocycles. The minimum atomic E-state index is 0.201. The molecule has 0 radical (unpaired) electrons. The van der Waals surface area contributed by atoms with Crippen molar-refractivity contribution < 1.29 is 4.74 Å². The van der Waals surface area contributed by atoms with Crippen molar-refractivity contribution in [1.82, 2.24) is 5.32 Å². The van der Waals surface area contributed by atoms with E-state index in [0.29, 0.717) is 0 Å². The van der Waals surface area contributed by atoms with Crippen LogP contribution in [0, 0.1) is 0 Å². The highest BCUT2D eigenvalue weighted by molar-refractivity contribution is 5.63. The van der Waals surface area contributed by atoms with Crippen molar-refractivity contribution in [1.29, 1.82) is 0 Å². The third-order valence-electron chi connectivity index (χ3n) is 3.88. The fourth-order valence-corrected chi connectivity index (χ4v) is 2.74. The molecule has 0 aliphatic carbocycles. The monoisotopic (exact) mass is 283 g/mol. The summed E-state index contributed by atoms with van der Waals surface area (Å²) in [5.74, 6) is 0. The standard InChI is InChI=1S/C19H25NO/c1-4-18(21-3)19(20-5-2)17-13-11-16(12-14-17)15-9-7-6-8-10-15/h6-14,18-20H,4-5H2,1-3H3. The molecule has 112 valence electrons. The van der Waals surface area contributed by atoms with Crippen LogP contribution in [-0.4, -0.2) is 19.8 Å². The van der Waals surface area contributed by atoms with Crippen LogP contribution in [0.5, 0.6) is 0 Å². The number of ether oxygens (including phenoxy) is 1. The lowest BCUT2D eigenvalue weighted by Gasteiger charge is -2.26. The average molecular weight is 283 g/mol. The third kappa shape index (κ3) is 3.93. The summed E-state index contributed by atoms with van der Waals surface area (Å²) in [7, 11) is 1.79. The van der Waals surface area contributed by atoms with Gasteiger partial charge in [-0.1, -0.05) is 68.4 Å². The zero-order chi connectivity index (χ0) is 15.1. The van der Waals surface area contributed by atoms with E-state index in [1.54, 1.807) is 7.11 Å². The first kappa shape index (κ1) is 15.7. The molecule has 2 heteroatoms. The molecule has 0 saturated heterocycles. The quantitative estimate of drug-likeness (QED) is 0.811. The molecule has 0 aliphatic rings. The number of hydrogen-bond acceptors (Lipinski definition) is 2. The van der Waals surface area contributed by atoms with Crippen molar-refractivity contribution in [2.24, 2.45) is 0 Å². The first-order valence-electron chi connectivity index (χ1n) is 7.71. The number of hydrogen-bond donors (Lipinski definition) is 1. The molecule has 0 amide bonds. The molecule has 0 bridgehead atoms. The topological polar surface area (TPSA) is 21.3 Å². The van der Waals surface area contributed by atoms with Crippen molar-refractivity contribution in [2.75, 3.05) is 13.7 Å². The Morgan fingerprint density at radius 2 is 1.52 bits per heavy atom. The molecule has 2 atom stereocenters. The maximum absolute atomic E-state index is 5.62. The lowest BCUT2D eigenvalue weighted by molar-refractivity contribution is 0.0656. The molecule has 2 aromatic rings. The minimum absolute atomic E-state index is 0.201. The van der Waals surface area contributed by atoms with E-state index in [1.165, 1.54) is 16.7 Å². The van der Waals surface area contributed by atoms with Gasteiger partial charge in [0, 0.05) is 7.11 Å². The second-order valence-corrected chi connectivity index (χ2v) is 5.21. The summed E-state index contributed by atoms with van der Waals surface area (Å²) in [5.41, 5.74) is 3.79. The number of nitrogens with one attached hydrogen (secondary N) is 1. The maximum atomic E-state index is 5.62. The van der Waals surface area contributed by atoms with Gasteiger partial charge in [0.15, 0.2) is 0 Å². The average Bonchev–Trinajstić information content (AvgIpc) is 2.56. The lowest BCUT2D eigenvalue weighted by Crippen LogP contribution is -2.32. The largest absolute Gasteiger partial charge is 0.379 e. The van der Waals surface area contributed by atoms with E-state index in [-0.39, 0.29) is 12.1 Å². The van der Waals surface area contributed by atoms with Crippen LogP contribution in [0.4, 0.5) is 0 Å². The van der Waals surface area contributed by atoms with Gasteiger partial charge in [-0.25, -0.2) is 0 Å².